The average molecular weight is 269 g/mol. The lowest BCUT2D eigenvalue weighted by molar-refractivity contribution is 0.103. The molecule has 1 heterocycles. The number of benzene rings is 1. The summed E-state index contributed by atoms with van der Waals surface area (Å²) in [5, 5.41) is 0. The SMILES string of the molecule is CCc1ccccc1C(=O)c1cncc(OC(C)C)c1. The standard InChI is InChI=1S/C17H19NO2/c1-4-13-7-5-6-8-16(13)17(19)14-9-15(11-18-10-14)20-12(2)3/h5-12H,4H2,1-3H3. The number of carbonyl (C=O) groups excluding carboxylic acids is 1. The molecule has 2 aromatic rings. The molecule has 0 aliphatic carbocycles. The number of carbonyl (C=O) groups is 1. The molecule has 1 aromatic heterocycles. The fourth-order valence-corrected chi connectivity index (χ4v) is 2.09. The molecule has 0 N–H and O–H groups in total. The summed E-state index contributed by atoms with van der Waals surface area (Å²) in [4.78, 5) is 16.7. The van der Waals surface area contributed by atoms with Crippen molar-refractivity contribution in [1.82, 2.24) is 4.98 Å². The maximum absolute atomic E-state index is 12.6. The van der Waals surface area contributed by atoms with E-state index in [2.05, 4.69) is 4.98 Å². The third-order valence-corrected chi connectivity index (χ3v) is 2.99. The molecule has 0 unspecified atom stereocenters. The van der Waals surface area contributed by atoms with Crippen LogP contribution in [-0.2, 0) is 6.42 Å². The normalized spacial score (nSPS) is 10.6. The van der Waals surface area contributed by atoms with Crippen LogP contribution >= 0.6 is 0 Å². The number of aryl methyl sites for hydroxylation is 1. The highest BCUT2D eigenvalue weighted by atomic mass is 16.5. The number of ketones is 1. The fraction of sp³-hybridized carbons (Fsp3) is 0.294. The third-order valence-electron chi connectivity index (χ3n) is 2.99. The Hall–Kier alpha value is -2.16. The Morgan fingerprint density at radius 1 is 1.25 bits per heavy atom. The maximum Gasteiger partial charge on any atom is 0.194 e. The molecule has 0 aliphatic rings. The molecule has 20 heavy (non-hydrogen) atoms. The Kier molecular flexibility index (Phi) is 4.51. The minimum absolute atomic E-state index is 0.0100. The number of rotatable bonds is 5. The third kappa shape index (κ3) is 3.23. The van der Waals surface area contributed by atoms with E-state index in [-0.39, 0.29) is 11.9 Å². The molecule has 3 nitrogen and oxygen atoms in total. The highest BCUT2D eigenvalue weighted by molar-refractivity contribution is 6.09. The van der Waals surface area contributed by atoms with Crippen molar-refractivity contribution < 1.29 is 9.53 Å². The van der Waals surface area contributed by atoms with Crippen LogP contribution in [0.1, 0.15) is 42.3 Å². The largest absolute Gasteiger partial charge is 0.489 e. The first-order chi connectivity index (χ1) is 9.61. The Bertz CT molecular complexity index is 605. The van der Waals surface area contributed by atoms with Crippen LogP contribution in [0.4, 0.5) is 0 Å². The zero-order valence-corrected chi connectivity index (χ0v) is 12.1. The molecule has 1 aromatic carbocycles. The van der Waals surface area contributed by atoms with E-state index in [0.29, 0.717) is 11.3 Å². The first-order valence-corrected chi connectivity index (χ1v) is 6.86. The summed E-state index contributed by atoms with van der Waals surface area (Å²) in [5.74, 6) is 0.615. The van der Waals surface area contributed by atoms with Crippen molar-refractivity contribution in [3.05, 3.63) is 59.4 Å². The Morgan fingerprint density at radius 2 is 2.00 bits per heavy atom. The van der Waals surface area contributed by atoms with Gasteiger partial charge in [0.05, 0.1) is 12.3 Å². The van der Waals surface area contributed by atoms with Crippen LogP contribution in [0.25, 0.3) is 0 Å². The summed E-state index contributed by atoms with van der Waals surface area (Å²) >= 11 is 0. The predicted octanol–water partition coefficient (Wildman–Crippen LogP) is 3.66. The van der Waals surface area contributed by atoms with E-state index < -0.39 is 0 Å². The van der Waals surface area contributed by atoms with Gasteiger partial charge in [0.2, 0.25) is 0 Å². The van der Waals surface area contributed by atoms with E-state index in [9.17, 15) is 4.79 Å². The van der Waals surface area contributed by atoms with Crippen molar-refractivity contribution in [1.29, 1.82) is 0 Å². The van der Waals surface area contributed by atoms with Crippen molar-refractivity contribution >= 4 is 5.78 Å². The summed E-state index contributed by atoms with van der Waals surface area (Å²) in [7, 11) is 0. The van der Waals surface area contributed by atoms with Crippen LogP contribution in [0.3, 0.4) is 0 Å². The first kappa shape index (κ1) is 14.3. The molecule has 0 saturated carbocycles. The topological polar surface area (TPSA) is 39.2 Å². The summed E-state index contributed by atoms with van der Waals surface area (Å²) in [6.07, 6.45) is 4.10. The highest BCUT2D eigenvalue weighted by Gasteiger charge is 2.13. The molecule has 0 amide bonds. The minimum Gasteiger partial charge on any atom is -0.489 e. The van der Waals surface area contributed by atoms with Crippen LogP contribution in [-0.4, -0.2) is 16.9 Å². The van der Waals surface area contributed by atoms with Gasteiger partial charge >= 0.3 is 0 Å². The van der Waals surface area contributed by atoms with Crippen LogP contribution in [0, 0.1) is 0 Å². The number of nitrogens with zero attached hydrogens (tertiary/aromatic N) is 1. The number of hydrogen-bond donors (Lipinski definition) is 0. The van der Waals surface area contributed by atoms with E-state index in [1.54, 1.807) is 18.5 Å². The molecule has 0 saturated heterocycles. The zero-order valence-electron chi connectivity index (χ0n) is 12.1. The molecule has 0 bridgehead atoms. The molecular formula is C17H19NO2. The van der Waals surface area contributed by atoms with Gasteiger partial charge < -0.3 is 4.74 Å². The molecule has 0 atom stereocenters. The highest BCUT2D eigenvalue weighted by Crippen LogP contribution is 2.18. The van der Waals surface area contributed by atoms with Gasteiger partial charge in [-0.2, -0.15) is 0 Å². The summed E-state index contributed by atoms with van der Waals surface area (Å²) < 4.78 is 5.58. The Morgan fingerprint density at radius 3 is 2.70 bits per heavy atom. The average Bonchev–Trinajstić information content (AvgIpc) is 2.46. The van der Waals surface area contributed by atoms with Crippen molar-refractivity contribution in [3.63, 3.8) is 0 Å². The zero-order chi connectivity index (χ0) is 14.5. The monoisotopic (exact) mass is 269 g/mol. The molecule has 104 valence electrons. The molecule has 0 fully saturated rings. The van der Waals surface area contributed by atoms with Gasteiger partial charge in [0.25, 0.3) is 0 Å². The lowest BCUT2D eigenvalue weighted by Gasteiger charge is -2.11. The second-order valence-electron chi connectivity index (χ2n) is 4.92. The summed E-state index contributed by atoms with van der Waals surface area (Å²) in [5.41, 5.74) is 2.34. The summed E-state index contributed by atoms with van der Waals surface area (Å²) in [6.45, 7) is 5.93. The van der Waals surface area contributed by atoms with E-state index in [1.807, 2.05) is 45.0 Å². The lowest BCUT2D eigenvalue weighted by atomic mass is 9.98. The molecule has 0 spiro atoms. The van der Waals surface area contributed by atoms with Gasteiger partial charge in [-0.25, -0.2) is 0 Å². The van der Waals surface area contributed by atoms with Gasteiger partial charge in [-0.15, -0.1) is 0 Å². The van der Waals surface area contributed by atoms with Crippen LogP contribution in [0.2, 0.25) is 0 Å². The van der Waals surface area contributed by atoms with Gasteiger partial charge in [0.15, 0.2) is 5.78 Å². The van der Waals surface area contributed by atoms with E-state index in [4.69, 9.17) is 4.74 Å². The number of pyridine rings is 1. The number of ether oxygens (including phenoxy) is 1. The van der Waals surface area contributed by atoms with Gasteiger partial charge in [-0.1, -0.05) is 31.2 Å². The van der Waals surface area contributed by atoms with E-state index in [0.717, 1.165) is 17.5 Å². The van der Waals surface area contributed by atoms with Crippen molar-refractivity contribution in [2.75, 3.05) is 0 Å². The molecule has 3 heteroatoms. The van der Waals surface area contributed by atoms with Crippen molar-refractivity contribution in [3.8, 4) is 5.75 Å². The second-order valence-corrected chi connectivity index (χ2v) is 4.92. The second kappa shape index (κ2) is 6.33. The van der Waals surface area contributed by atoms with Crippen LogP contribution in [0.5, 0.6) is 5.75 Å². The van der Waals surface area contributed by atoms with Gasteiger partial charge in [-0.3, -0.25) is 9.78 Å². The summed E-state index contributed by atoms with van der Waals surface area (Å²) in [6, 6.07) is 9.43. The molecular weight excluding hydrogens is 250 g/mol. The van der Waals surface area contributed by atoms with Crippen molar-refractivity contribution in [2.24, 2.45) is 0 Å². The fourth-order valence-electron chi connectivity index (χ4n) is 2.09. The van der Waals surface area contributed by atoms with Crippen LogP contribution in [0.15, 0.2) is 42.7 Å². The predicted molar refractivity (Wildman–Crippen MR) is 79.3 cm³/mol. The van der Waals surface area contributed by atoms with Crippen molar-refractivity contribution in [2.45, 2.75) is 33.3 Å². The first-order valence-electron chi connectivity index (χ1n) is 6.86. The lowest BCUT2D eigenvalue weighted by Crippen LogP contribution is -2.09. The Labute approximate surface area is 119 Å². The van der Waals surface area contributed by atoms with Gasteiger partial charge in [-0.05, 0) is 31.9 Å². The van der Waals surface area contributed by atoms with Gasteiger partial charge in [0, 0.05) is 17.3 Å². The molecule has 0 radical (unpaired) electrons. The Balaban J connectivity index is 2.33. The van der Waals surface area contributed by atoms with E-state index >= 15 is 0 Å². The maximum atomic E-state index is 12.6. The molecule has 2 rings (SSSR count). The smallest absolute Gasteiger partial charge is 0.194 e. The van der Waals surface area contributed by atoms with Crippen LogP contribution < -0.4 is 4.74 Å². The minimum atomic E-state index is -0.0100. The number of hydrogen-bond acceptors (Lipinski definition) is 3. The molecule has 0 aliphatic heterocycles. The number of aromatic nitrogens is 1. The quantitative estimate of drug-likeness (QED) is 0.777. The van der Waals surface area contributed by atoms with Gasteiger partial charge in [0.1, 0.15) is 5.75 Å². The van der Waals surface area contributed by atoms with E-state index in [1.165, 1.54) is 0 Å².